The van der Waals surface area contributed by atoms with E-state index in [1.807, 2.05) is 19.0 Å². The van der Waals surface area contributed by atoms with Crippen LogP contribution in [0.3, 0.4) is 0 Å². The van der Waals surface area contributed by atoms with Gasteiger partial charge in [-0.1, -0.05) is 103 Å². The van der Waals surface area contributed by atoms with Crippen LogP contribution >= 0.6 is 0 Å². The molecule has 0 aromatic rings. The Hall–Kier alpha value is -1.54. The van der Waals surface area contributed by atoms with Crippen molar-refractivity contribution < 1.29 is 23.8 Å². The first-order valence-electron chi connectivity index (χ1n) is 14.6. The van der Waals surface area contributed by atoms with Gasteiger partial charge in [0.1, 0.15) is 0 Å². The number of nitrogens with one attached hydrogen (secondary N) is 2. The van der Waals surface area contributed by atoms with Gasteiger partial charge in [-0.2, -0.15) is 0 Å². The van der Waals surface area contributed by atoms with Crippen LogP contribution in [0, 0.1) is 0 Å². The molecule has 0 aliphatic carbocycles. The maximum atomic E-state index is 11.6. The summed E-state index contributed by atoms with van der Waals surface area (Å²) in [5, 5.41) is 5.42. The normalized spacial score (nSPS) is 11.0. The van der Waals surface area contributed by atoms with Gasteiger partial charge in [-0.3, -0.25) is 0 Å². The van der Waals surface area contributed by atoms with Gasteiger partial charge in [-0.15, -0.1) is 0 Å². The molecular weight excluding hydrogens is 458 g/mol. The fraction of sp³-hybridized carbons (Fsp3) is 0.929. The molecule has 0 rings (SSSR count). The SMILES string of the molecule is CCCCCCCCCCCCCCCCCCNC(=O)OCOCCCOC(=O)NCCN(C)C. The van der Waals surface area contributed by atoms with Crippen LogP contribution in [-0.4, -0.2) is 70.8 Å². The lowest BCUT2D eigenvalue weighted by molar-refractivity contribution is -0.0193. The molecule has 2 amide bonds. The van der Waals surface area contributed by atoms with E-state index in [9.17, 15) is 9.59 Å². The van der Waals surface area contributed by atoms with Crippen molar-refractivity contribution in [1.29, 1.82) is 0 Å². The largest absolute Gasteiger partial charge is 0.449 e. The molecule has 0 atom stereocenters. The van der Waals surface area contributed by atoms with Crippen LogP contribution in [-0.2, 0) is 14.2 Å². The van der Waals surface area contributed by atoms with Crippen molar-refractivity contribution in [2.75, 3.05) is 53.7 Å². The summed E-state index contributed by atoms with van der Waals surface area (Å²) in [4.78, 5) is 25.0. The van der Waals surface area contributed by atoms with E-state index in [1.54, 1.807) is 0 Å². The molecule has 0 aromatic carbocycles. The number of hydrogen-bond acceptors (Lipinski definition) is 6. The minimum Gasteiger partial charge on any atom is -0.449 e. The smallest absolute Gasteiger partial charge is 0.409 e. The quantitative estimate of drug-likeness (QED) is 0.0993. The van der Waals surface area contributed by atoms with Gasteiger partial charge in [-0.05, 0) is 20.5 Å². The first-order valence-corrected chi connectivity index (χ1v) is 14.6. The number of ether oxygens (including phenoxy) is 3. The summed E-state index contributed by atoms with van der Waals surface area (Å²) < 4.78 is 15.2. The number of alkyl carbamates (subject to hydrolysis) is 2. The Kier molecular flexibility index (Phi) is 26.8. The van der Waals surface area contributed by atoms with Crippen LogP contribution in [0.2, 0.25) is 0 Å². The van der Waals surface area contributed by atoms with E-state index in [0.29, 0.717) is 26.1 Å². The van der Waals surface area contributed by atoms with Crippen LogP contribution < -0.4 is 10.6 Å². The number of carbonyl (C=O) groups is 2. The van der Waals surface area contributed by atoms with Gasteiger partial charge in [0.05, 0.1) is 13.2 Å². The number of unbranched alkanes of at least 4 members (excludes halogenated alkanes) is 15. The molecule has 214 valence electrons. The zero-order chi connectivity index (χ0) is 26.5. The summed E-state index contributed by atoms with van der Waals surface area (Å²) in [6, 6.07) is 0. The van der Waals surface area contributed by atoms with E-state index in [-0.39, 0.29) is 13.4 Å². The second kappa shape index (κ2) is 28.0. The third-order valence-electron chi connectivity index (χ3n) is 6.07. The number of amides is 2. The average molecular weight is 516 g/mol. The van der Waals surface area contributed by atoms with E-state index < -0.39 is 12.2 Å². The Bertz CT molecular complexity index is 492. The first kappa shape index (κ1) is 34.5. The van der Waals surface area contributed by atoms with Gasteiger partial charge >= 0.3 is 12.2 Å². The van der Waals surface area contributed by atoms with Crippen molar-refractivity contribution in [2.24, 2.45) is 0 Å². The van der Waals surface area contributed by atoms with Crippen molar-refractivity contribution in [3.63, 3.8) is 0 Å². The summed E-state index contributed by atoms with van der Waals surface area (Å²) in [5.74, 6) is 0. The van der Waals surface area contributed by atoms with Gasteiger partial charge in [0.15, 0.2) is 6.79 Å². The zero-order valence-electron chi connectivity index (χ0n) is 23.8. The second-order valence-electron chi connectivity index (χ2n) is 9.91. The average Bonchev–Trinajstić information content (AvgIpc) is 2.85. The molecule has 0 aliphatic rings. The van der Waals surface area contributed by atoms with Gasteiger partial charge in [0.2, 0.25) is 0 Å². The molecule has 36 heavy (non-hydrogen) atoms. The molecule has 0 saturated heterocycles. The molecule has 0 spiro atoms. The topological polar surface area (TPSA) is 89.1 Å². The van der Waals surface area contributed by atoms with Crippen LogP contribution in [0.1, 0.15) is 116 Å². The van der Waals surface area contributed by atoms with E-state index >= 15 is 0 Å². The maximum absolute atomic E-state index is 11.6. The Morgan fingerprint density at radius 3 is 1.58 bits per heavy atom. The fourth-order valence-corrected chi connectivity index (χ4v) is 3.83. The number of likely N-dealkylation sites (N-methyl/N-ethyl adjacent to an activating group) is 1. The molecule has 0 heterocycles. The van der Waals surface area contributed by atoms with Crippen molar-refractivity contribution in [2.45, 2.75) is 116 Å². The van der Waals surface area contributed by atoms with E-state index in [0.717, 1.165) is 19.4 Å². The summed E-state index contributed by atoms with van der Waals surface area (Å²) in [6.45, 7) is 4.74. The highest BCUT2D eigenvalue weighted by Gasteiger charge is 2.03. The highest BCUT2D eigenvalue weighted by molar-refractivity contribution is 5.67. The molecule has 0 fully saturated rings. The number of rotatable bonds is 26. The Balaban J connectivity index is 3.22. The molecule has 8 heteroatoms. The minimum absolute atomic E-state index is 0.0974. The second-order valence-corrected chi connectivity index (χ2v) is 9.91. The predicted octanol–water partition coefficient (Wildman–Crippen LogP) is 6.63. The molecular formula is C28H57N3O5. The number of hydrogen-bond donors (Lipinski definition) is 2. The van der Waals surface area contributed by atoms with E-state index in [2.05, 4.69) is 17.6 Å². The van der Waals surface area contributed by atoms with Crippen molar-refractivity contribution in [1.82, 2.24) is 15.5 Å². The van der Waals surface area contributed by atoms with Crippen molar-refractivity contribution >= 4 is 12.2 Å². The molecule has 0 bridgehead atoms. The Morgan fingerprint density at radius 2 is 1.06 bits per heavy atom. The lowest BCUT2D eigenvalue weighted by atomic mass is 10.0. The van der Waals surface area contributed by atoms with Crippen molar-refractivity contribution in [3.8, 4) is 0 Å². The third-order valence-corrected chi connectivity index (χ3v) is 6.07. The first-order chi connectivity index (χ1) is 17.6. The Labute approximate surface area is 221 Å². The standard InChI is InChI=1S/C28H57N3O5/c1-4-5-6-7-8-9-10-11-12-13-14-15-16-17-18-19-21-29-28(33)36-26-34-24-20-25-35-27(32)30-22-23-31(2)3/h4-26H2,1-3H3,(H,29,33)(H,30,32). The summed E-state index contributed by atoms with van der Waals surface area (Å²) >= 11 is 0. The lowest BCUT2D eigenvalue weighted by Gasteiger charge is -2.11. The molecule has 0 saturated carbocycles. The molecule has 2 N–H and O–H groups in total. The molecule has 0 radical (unpaired) electrons. The van der Waals surface area contributed by atoms with Gasteiger partial charge in [-0.25, -0.2) is 9.59 Å². The Morgan fingerprint density at radius 1 is 0.583 bits per heavy atom. The third kappa shape index (κ3) is 28.7. The number of carbonyl (C=O) groups excluding carboxylic acids is 2. The minimum atomic E-state index is -0.451. The van der Waals surface area contributed by atoms with Crippen LogP contribution in [0.5, 0.6) is 0 Å². The lowest BCUT2D eigenvalue weighted by Crippen LogP contribution is -2.32. The van der Waals surface area contributed by atoms with E-state index in [1.165, 1.54) is 89.9 Å². The van der Waals surface area contributed by atoms with Gasteiger partial charge < -0.3 is 29.7 Å². The van der Waals surface area contributed by atoms with Crippen molar-refractivity contribution in [3.05, 3.63) is 0 Å². The summed E-state index contributed by atoms with van der Waals surface area (Å²) in [7, 11) is 3.88. The summed E-state index contributed by atoms with van der Waals surface area (Å²) in [6.07, 6.45) is 21.0. The highest BCUT2D eigenvalue weighted by atomic mass is 16.7. The van der Waals surface area contributed by atoms with Crippen LogP contribution in [0.4, 0.5) is 9.59 Å². The van der Waals surface area contributed by atoms with Crippen LogP contribution in [0.25, 0.3) is 0 Å². The molecule has 8 nitrogen and oxygen atoms in total. The number of nitrogens with zero attached hydrogens (tertiary/aromatic N) is 1. The zero-order valence-corrected chi connectivity index (χ0v) is 23.8. The van der Waals surface area contributed by atoms with E-state index in [4.69, 9.17) is 14.2 Å². The maximum Gasteiger partial charge on any atom is 0.409 e. The molecule has 0 aromatic heterocycles. The fourth-order valence-electron chi connectivity index (χ4n) is 3.83. The van der Waals surface area contributed by atoms with Gasteiger partial charge in [0, 0.05) is 26.1 Å². The molecule has 0 unspecified atom stereocenters. The highest BCUT2D eigenvalue weighted by Crippen LogP contribution is 2.13. The molecule has 0 aliphatic heterocycles. The van der Waals surface area contributed by atoms with Crippen LogP contribution in [0.15, 0.2) is 0 Å². The monoisotopic (exact) mass is 515 g/mol. The summed E-state index contributed by atoms with van der Waals surface area (Å²) in [5.41, 5.74) is 0. The van der Waals surface area contributed by atoms with Gasteiger partial charge in [0.25, 0.3) is 0 Å². The predicted molar refractivity (Wildman–Crippen MR) is 147 cm³/mol.